The van der Waals surface area contributed by atoms with Gasteiger partial charge in [0, 0.05) is 24.4 Å². The second kappa shape index (κ2) is 8.61. The Bertz CT molecular complexity index is 1050. The summed E-state index contributed by atoms with van der Waals surface area (Å²) in [6.07, 6.45) is 0. The van der Waals surface area contributed by atoms with E-state index in [0.29, 0.717) is 10.1 Å². The molecule has 3 rings (SSSR count). The van der Waals surface area contributed by atoms with Crippen molar-refractivity contribution in [1.82, 2.24) is 9.55 Å². The second-order valence-corrected chi connectivity index (χ2v) is 5.88. The number of fused-ring (bicyclic) bond motifs is 1. The molecule has 0 spiro atoms. The largest absolute Gasteiger partial charge is 0.454 e. The van der Waals surface area contributed by atoms with E-state index in [-0.39, 0.29) is 41.4 Å². The van der Waals surface area contributed by atoms with Crippen molar-refractivity contribution >= 4 is 28.4 Å². The summed E-state index contributed by atoms with van der Waals surface area (Å²) >= 11 is 0. The Labute approximate surface area is 162 Å². The molecule has 0 amide bonds. The summed E-state index contributed by atoms with van der Waals surface area (Å²) in [5.74, 6) is -1.12. The molecule has 0 unspecified atom stereocenters. The van der Waals surface area contributed by atoms with Gasteiger partial charge in [0.15, 0.2) is 5.82 Å². The number of para-hydroxylation sites is 2. The van der Waals surface area contributed by atoms with Crippen molar-refractivity contribution < 1.29 is 28.3 Å². The lowest BCUT2D eigenvalue weighted by Gasteiger charge is -2.12. The van der Waals surface area contributed by atoms with Crippen molar-refractivity contribution in [2.75, 3.05) is 18.5 Å². The third kappa shape index (κ3) is 4.29. The van der Waals surface area contributed by atoms with Crippen LogP contribution in [0.25, 0.3) is 11.0 Å². The van der Waals surface area contributed by atoms with Crippen molar-refractivity contribution in [3.8, 4) is 0 Å². The van der Waals surface area contributed by atoms with Gasteiger partial charge in [-0.2, -0.15) is 8.78 Å². The molecule has 0 atom stereocenters. The Morgan fingerprint density at radius 2 is 2.07 bits per heavy atom. The number of nitro benzene ring substituents is 1. The van der Waals surface area contributed by atoms with Gasteiger partial charge in [-0.05, 0) is 18.2 Å². The van der Waals surface area contributed by atoms with E-state index in [4.69, 9.17) is 9.84 Å². The molecule has 1 heterocycles. The molecular formula is C18H16F2N4O5. The van der Waals surface area contributed by atoms with Crippen molar-refractivity contribution in [3.05, 3.63) is 64.0 Å². The van der Waals surface area contributed by atoms with E-state index in [9.17, 15) is 23.7 Å². The lowest BCUT2D eigenvalue weighted by molar-refractivity contribution is -0.384. The number of benzene rings is 2. The first-order valence-corrected chi connectivity index (χ1v) is 8.46. The summed E-state index contributed by atoms with van der Waals surface area (Å²) < 4.78 is 32.7. The molecule has 0 saturated heterocycles. The van der Waals surface area contributed by atoms with Crippen molar-refractivity contribution in [2.45, 2.75) is 13.2 Å². The molecule has 0 aliphatic rings. The van der Waals surface area contributed by atoms with E-state index in [1.807, 2.05) is 0 Å². The number of hydrogen-bond donors (Lipinski definition) is 2. The van der Waals surface area contributed by atoms with Gasteiger partial charge in [0.2, 0.25) is 0 Å². The molecule has 0 radical (unpaired) electrons. The predicted octanol–water partition coefficient (Wildman–Crippen LogP) is 3.10. The highest BCUT2D eigenvalue weighted by Crippen LogP contribution is 2.26. The molecule has 2 aromatic carbocycles. The quantitative estimate of drug-likeness (QED) is 0.335. The average molecular weight is 406 g/mol. The van der Waals surface area contributed by atoms with Gasteiger partial charge >= 0.3 is 12.5 Å². The van der Waals surface area contributed by atoms with Crippen LogP contribution in [0.5, 0.6) is 0 Å². The highest BCUT2D eigenvalue weighted by atomic mass is 19.3. The zero-order valence-corrected chi connectivity index (χ0v) is 14.9. The Hall–Kier alpha value is -3.60. The molecule has 2 N–H and O–H groups in total. The number of carbonyl (C=O) groups is 1. The Morgan fingerprint density at radius 3 is 2.76 bits per heavy atom. The number of non-ortho nitro benzene ring substituents is 1. The number of hydrogen-bond acceptors (Lipinski definition) is 7. The number of rotatable bonds is 8. The molecule has 0 bridgehead atoms. The smallest absolute Gasteiger partial charge is 0.340 e. The average Bonchev–Trinajstić information content (AvgIpc) is 3.08. The van der Waals surface area contributed by atoms with Crippen LogP contribution in [-0.4, -0.2) is 38.7 Å². The Morgan fingerprint density at radius 1 is 1.31 bits per heavy atom. The molecule has 11 heteroatoms. The number of nitrogens with zero attached hydrogens (tertiary/aromatic N) is 3. The third-order valence-electron chi connectivity index (χ3n) is 4.06. The van der Waals surface area contributed by atoms with Crippen LogP contribution in [0.15, 0.2) is 42.5 Å². The fourth-order valence-corrected chi connectivity index (χ4v) is 2.78. The maximum atomic E-state index is 13.5. The Kier molecular flexibility index (Phi) is 5.98. The third-order valence-corrected chi connectivity index (χ3v) is 4.06. The van der Waals surface area contributed by atoms with E-state index >= 15 is 0 Å². The van der Waals surface area contributed by atoms with Gasteiger partial charge < -0.3 is 15.2 Å². The number of halogens is 2. The van der Waals surface area contributed by atoms with Gasteiger partial charge in [0.05, 0.1) is 28.1 Å². The fraction of sp³-hybridized carbons (Fsp3) is 0.222. The van der Waals surface area contributed by atoms with Crippen LogP contribution < -0.4 is 5.32 Å². The number of imidazole rings is 1. The van der Waals surface area contributed by atoms with Gasteiger partial charge in [0.25, 0.3) is 5.69 Å². The van der Waals surface area contributed by atoms with E-state index in [0.717, 1.165) is 6.07 Å². The van der Waals surface area contributed by atoms with Gasteiger partial charge in [-0.25, -0.2) is 9.78 Å². The summed E-state index contributed by atoms with van der Waals surface area (Å²) in [6.45, 7) is -3.58. The fourth-order valence-electron chi connectivity index (χ4n) is 2.78. The highest BCUT2D eigenvalue weighted by molar-refractivity contribution is 5.96. The number of esters is 1. The van der Waals surface area contributed by atoms with Crippen LogP contribution in [-0.2, 0) is 11.3 Å². The lowest BCUT2D eigenvalue weighted by atomic mass is 10.1. The second-order valence-electron chi connectivity index (χ2n) is 5.88. The summed E-state index contributed by atoms with van der Waals surface area (Å²) in [5, 5.41) is 22.7. The molecular weight excluding hydrogens is 390 g/mol. The monoisotopic (exact) mass is 406 g/mol. The van der Waals surface area contributed by atoms with Crippen molar-refractivity contribution in [1.29, 1.82) is 0 Å². The molecule has 0 fully saturated rings. The summed E-state index contributed by atoms with van der Waals surface area (Å²) in [5.41, 5.74) is 0.212. The summed E-state index contributed by atoms with van der Waals surface area (Å²) in [7, 11) is 0. The number of nitro groups is 1. The zero-order chi connectivity index (χ0) is 21.0. The van der Waals surface area contributed by atoms with Crippen LogP contribution in [0, 0.1) is 10.1 Å². The first kappa shape index (κ1) is 20.1. The number of alkyl halides is 2. The highest BCUT2D eigenvalue weighted by Gasteiger charge is 2.21. The van der Waals surface area contributed by atoms with E-state index in [1.54, 1.807) is 18.2 Å². The number of aliphatic hydroxyl groups is 1. The molecule has 0 aliphatic heterocycles. The minimum atomic E-state index is -2.89. The first-order valence-electron chi connectivity index (χ1n) is 8.46. The standard InChI is InChI=1S/C18H16F2N4O5/c19-18(20)23-15-4-2-1-3-14(15)22-16(23)10-29-17(26)12-9-11(24(27)28)5-6-13(12)21-7-8-25/h1-6,9,18,21,25H,7-8,10H2. The van der Waals surface area contributed by atoms with Crippen LogP contribution in [0.4, 0.5) is 20.2 Å². The van der Waals surface area contributed by atoms with Gasteiger partial charge in [-0.3, -0.25) is 14.7 Å². The van der Waals surface area contributed by atoms with E-state index in [1.165, 1.54) is 18.2 Å². The van der Waals surface area contributed by atoms with Gasteiger partial charge in [0.1, 0.15) is 6.61 Å². The molecule has 29 heavy (non-hydrogen) atoms. The van der Waals surface area contributed by atoms with Crippen molar-refractivity contribution in [3.63, 3.8) is 0 Å². The van der Waals surface area contributed by atoms with Crippen LogP contribution in [0.2, 0.25) is 0 Å². The number of nitrogens with one attached hydrogen (secondary N) is 1. The van der Waals surface area contributed by atoms with Gasteiger partial charge in [-0.15, -0.1) is 0 Å². The number of aromatic nitrogens is 2. The molecule has 0 aliphatic carbocycles. The molecule has 152 valence electrons. The molecule has 9 nitrogen and oxygen atoms in total. The first-order chi connectivity index (χ1) is 13.9. The minimum Gasteiger partial charge on any atom is -0.454 e. The molecule has 1 aromatic heterocycles. The van der Waals surface area contributed by atoms with Gasteiger partial charge in [-0.1, -0.05) is 12.1 Å². The lowest BCUT2D eigenvalue weighted by Crippen LogP contribution is -2.14. The van der Waals surface area contributed by atoms with Crippen LogP contribution in [0.3, 0.4) is 0 Å². The number of anilines is 1. The SMILES string of the molecule is O=C(OCc1nc2ccccc2n1C(F)F)c1cc([N+](=O)[O-])ccc1NCCO. The minimum absolute atomic E-state index is 0.0965. The topological polar surface area (TPSA) is 120 Å². The predicted molar refractivity (Wildman–Crippen MR) is 98.8 cm³/mol. The summed E-state index contributed by atoms with van der Waals surface area (Å²) in [4.78, 5) is 26.9. The Balaban J connectivity index is 1.87. The van der Waals surface area contributed by atoms with Crippen LogP contribution >= 0.6 is 0 Å². The maximum Gasteiger partial charge on any atom is 0.340 e. The van der Waals surface area contributed by atoms with Crippen LogP contribution in [0.1, 0.15) is 22.7 Å². The van der Waals surface area contributed by atoms with E-state index in [2.05, 4.69) is 10.3 Å². The van der Waals surface area contributed by atoms with Crippen molar-refractivity contribution in [2.24, 2.45) is 0 Å². The number of carbonyl (C=O) groups excluding carboxylic acids is 1. The molecule has 0 saturated carbocycles. The number of aliphatic hydroxyl groups excluding tert-OH is 1. The number of ether oxygens (including phenoxy) is 1. The summed E-state index contributed by atoms with van der Waals surface area (Å²) in [6, 6.07) is 9.75. The zero-order valence-electron chi connectivity index (χ0n) is 14.9. The van der Waals surface area contributed by atoms with E-state index < -0.39 is 24.0 Å². The normalized spacial score (nSPS) is 11.0. The molecule has 3 aromatic rings. The maximum absolute atomic E-state index is 13.5.